The van der Waals surface area contributed by atoms with Crippen molar-refractivity contribution in [3.05, 3.63) is 86.1 Å². The molecule has 8 nitrogen and oxygen atoms in total. The number of H-pyrrole nitrogens is 1. The fourth-order valence-electron chi connectivity index (χ4n) is 3.03. The molecule has 0 radical (unpaired) electrons. The van der Waals surface area contributed by atoms with Crippen molar-refractivity contribution in [3.63, 3.8) is 0 Å². The van der Waals surface area contributed by atoms with E-state index in [1.165, 1.54) is 17.5 Å². The highest BCUT2D eigenvalue weighted by molar-refractivity contribution is 7.15. The van der Waals surface area contributed by atoms with Gasteiger partial charge in [0, 0.05) is 32.7 Å². The van der Waals surface area contributed by atoms with Crippen molar-refractivity contribution in [2.75, 3.05) is 5.32 Å². The molecule has 11 heteroatoms. The molecular formula is C21H12Cl2N6O2S. The smallest absolute Gasteiger partial charge is 0.265 e. The van der Waals surface area contributed by atoms with Crippen molar-refractivity contribution in [1.82, 2.24) is 24.6 Å². The van der Waals surface area contributed by atoms with Crippen LogP contribution in [0.5, 0.6) is 0 Å². The first kappa shape index (κ1) is 20.4. The largest absolute Gasteiger partial charge is 0.306 e. The molecule has 0 bridgehead atoms. The number of fused-ring (bicyclic) bond motifs is 1. The highest BCUT2D eigenvalue weighted by Crippen LogP contribution is 2.27. The van der Waals surface area contributed by atoms with Gasteiger partial charge < -0.3 is 4.98 Å². The van der Waals surface area contributed by atoms with Crippen molar-refractivity contribution >= 4 is 51.4 Å². The van der Waals surface area contributed by atoms with E-state index in [1.54, 1.807) is 40.9 Å². The zero-order chi connectivity index (χ0) is 22.2. The van der Waals surface area contributed by atoms with Crippen LogP contribution in [0.4, 0.5) is 5.95 Å². The number of aromatic nitrogens is 5. The van der Waals surface area contributed by atoms with Gasteiger partial charge in [-0.3, -0.25) is 14.9 Å². The Labute approximate surface area is 194 Å². The van der Waals surface area contributed by atoms with Gasteiger partial charge in [0.25, 0.3) is 17.4 Å². The molecule has 0 saturated carbocycles. The second kappa shape index (κ2) is 8.19. The number of nitrogens with one attached hydrogen (secondary N) is 2. The summed E-state index contributed by atoms with van der Waals surface area (Å²) in [4.78, 5) is 36.8. The van der Waals surface area contributed by atoms with E-state index in [9.17, 15) is 9.59 Å². The summed E-state index contributed by atoms with van der Waals surface area (Å²) in [6.07, 6.45) is 1.22. The van der Waals surface area contributed by atoms with E-state index in [2.05, 4.69) is 25.4 Å². The Bertz CT molecular complexity index is 1510. The lowest BCUT2D eigenvalue weighted by atomic mass is 10.2. The van der Waals surface area contributed by atoms with Crippen molar-refractivity contribution in [3.8, 4) is 22.6 Å². The number of hydrogen-bond donors (Lipinski definition) is 2. The number of halogens is 2. The third kappa shape index (κ3) is 3.89. The highest BCUT2D eigenvalue weighted by atomic mass is 35.5. The normalized spacial score (nSPS) is 11.1. The first-order valence-corrected chi connectivity index (χ1v) is 10.9. The van der Waals surface area contributed by atoms with Gasteiger partial charge in [-0.2, -0.15) is 4.98 Å². The van der Waals surface area contributed by atoms with Crippen LogP contribution in [0.1, 0.15) is 10.4 Å². The highest BCUT2D eigenvalue weighted by Gasteiger charge is 2.17. The molecule has 2 N–H and O–H groups in total. The number of hydrogen-bond acceptors (Lipinski definition) is 6. The summed E-state index contributed by atoms with van der Waals surface area (Å²) >= 11 is 13.2. The summed E-state index contributed by atoms with van der Waals surface area (Å²) in [6, 6.07) is 14.1. The number of carbonyl (C=O) groups is 1. The van der Waals surface area contributed by atoms with Gasteiger partial charge in [-0.05, 0) is 36.4 Å². The summed E-state index contributed by atoms with van der Waals surface area (Å²) in [7, 11) is 0. The Morgan fingerprint density at radius 3 is 2.31 bits per heavy atom. The van der Waals surface area contributed by atoms with Crippen LogP contribution in [0.25, 0.3) is 27.6 Å². The number of aromatic amines is 1. The van der Waals surface area contributed by atoms with Crippen molar-refractivity contribution in [2.45, 2.75) is 0 Å². The van der Waals surface area contributed by atoms with Crippen LogP contribution >= 0.6 is 34.5 Å². The predicted octanol–water partition coefficient (Wildman–Crippen LogP) is 4.77. The van der Waals surface area contributed by atoms with Gasteiger partial charge in [0.15, 0.2) is 0 Å². The van der Waals surface area contributed by atoms with Crippen LogP contribution in [-0.2, 0) is 0 Å². The second-order valence-electron chi connectivity index (χ2n) is 6.69. The molecule has 5 rings (SSSR count). The lowest BCUT2D eigenvalue weighted by Gasteiger charge is -2.03. The summed E-state index contributed by atoms with van der Waals surface area (Å²) in [5.41, 5.74) is 1.65. The van der Waals surface area contributed by atoms with Gasteiger partial charge in [-0.1, -0.05) is 35.3 Å². The van der Waals surface area contributed by atoms with E-state index in [0.717, 1.165) is 11.3 Å². The number of carbonyl (C=O) groups excluding carboxylic acids is 1. The molecule has 0 fully saturated rings. The van der Waals surface area contributed by atoms with E-state index >= 15 is 0 Å². The minimum Gasteiger partial charge on any atom is -0.306 e. The average molecular weight is 483 g/mol. The summed E-state index contributed by atoms with van der Waals surface area (Å²) in [6.45, 7) is 0. The number of nitrogens with zero attached hydrogens (tertiary/aromatic N) is 4. The Hall–Kier alpha value is -3.53. The topological polar surface area (TPSA) is 105 Å². The molecule has 0 aliphatic heterocycles. The van der Waals surface area contributed by atoms with E-state index in [0.29, 0.717) is 26.4 Å². The maximum absolute atomic E-state index is 12.6. The van der Waals surface area contributed by atoms with Crippen LogP contribution in [0.2, 0.25) is 10.0 Å². The number of rotatable bonds is 4. The van der Waals surface area contributed by atoms with Crippen molar-refractivity contribution < 1.29 is 4.79 Å². The Kier molecular flexibility index (Phi) is 5.22. The van der Waals surface area contributed by atoms with Crippen LogP contribution in [0.15, 0.2) is 64.9 Å². The number of anilines is 1. The first-order valence-electron chi connectivity index (χ1n) is 9.25. The standard InChI is InChI=1S/C21H12Cl2N6O2S/c22-13-5-1-11(2-6-13)16-10-32-21-27-20(28-29(16)21)26-19(31)15-9-24-17(25-18(15)30)12-3-7-14(23)8-4-12/h1-10H,(H,24,25,30)(H,26,28,31). The second-order valence-corrected chi connectivity index (χ2v) is 8.40. The van der Waals surface area contributed by atoms with E-state index in [4.69, 9.17) is 23.2 Å². The molecule has 2 aromatic carbocycles. The number of thiazole rings is 1. The quantitative estimate of drug-likeness (QED) is 0.383. The minimum atomic E-state index is -0.660. The predicted molar refractivity (Wildman–Crippen MR) is 125 cm³/mol. The zero-order valence-corrected chi connectivity index (χ0v) is 18.4. The van der Waals surface area contributed by atoms with Crippen LogP contribution in [0.3, 0.4) is 0 Å². The average Bonchev–Trinajstić information content (AvgIpc) is 3.35. The zero-order valence-electron chi connectivity index (χ0n) is 16.0. The maximum atomic E-state index is 12.6. The fourth-order valence-corrected chi connectivity index (χ4v) is 4.12. The molecule has 5 aromatic rings. The molecule has 3 heterocycles. The summed E-state index contributed by atoms with van der Waals surface area (Å²) in [5.74, 6) is -0.248. The molecular weight excluding hydrogens is 471 g/mol. The third-order valence-corrected chi connectivity index (χ3v) is 5.93. The molecule has 1 amide bonds. The molecule has 0 saturated heterocycles. The number of benzene rings is 2. The van der Waals surface area contributed by atoms with Gasteiger partial charge >= 0.3 is 0 Å². The number of amides is 1. The Morgan fingerprint density at radius 2 is 1.66 bits per heavy atom. The lowest BCUT2D eigenvalue weighted by Crippen LogP contribution is -2.24. The maximum Gasteiger partial charge on any atom is 0.265 e. The summed E-state index contributed by atoms with van der Waals surface area (Å²) < 4.78 is 1.62. The van der Waals surface area contributed by atoms with Gasteiger partial charge in [-0.15, -0.1) is 16.4 Å². The molecule has 32 heavy (non-hydrogen) atoms. The Balaban J connectivity index is 1.39. The van der Waals surface area contributed by atoms with Gasteiger partial charge in [0.1, 0.15) is 11.4 Å². The van der Waals surface area contributed by atoms with Gasteiger partial charge in [0.05, 0.1) is 5.69 Å². The lowest BCUT2D eigenvalue weighted by molar-refractivity contribution is 0.102. The molecule has 0 aliphatic rings. The molecule has 0 atom stereocenters. The summed E-state index contributed by atoms with van der Waals surface area (Å²) in [5, 5.41) is 10.0. The SMILES string of the molecule is O=C(Nc1nc2scc(-c3ccc(Cl)cc3)n2n1)c1cnc(-c2ccc(Cl)cc2)[nH]c1=O. The van der Waals surface area contributed by atoms with E-state index in [-0.39, 0.29) is 11.5 Å². The van der Waals surface area contributed by atoms with Crippen molar-refractivity contribution in [1.29, 1.82) is 0 Å². The minimum absolute atomic E-state index is 0.0817. The first-order chi connectivity index (χ1) is 15.5. The molecule has 3 aromatic heterocycles. The molecule has 0 unspecified atom stereocenters. The fraction of sp³-hybridized carbons (Fsp3) is 0. The third-order valence-electron chi connectivity index (χ3n) is 4.61. The van der Waals surface area contributed by atoms with Crippen LogP contribution in [0, 0.1) is 0 Å². The van der Waals surface area contributed by atoms with Crippen molar-refractivity contribution in [2.24, 2.45) is 0 Å². The Morgan fingerprint density at radius 1 is 1.00 bits per heavy atom. The molecule has 0 spiro atoms. The van der Waals surface area contributed by atoms with Gasteiger partial charge in [-0.25, -0.2) is 9.50 Å². The van der Waals surface area contributed by atoms with Crippen LogP contribution < -0.4 is 10.9 Å². The monoisotopic (exact) mass is 482 g/mol. The van der Waals surface area contributed by atoms with Gasteiger partial charge in [0.2, 0.25) is 4.96 Å². The molecule has 0 aliphatic carbocycles. The van der Waals surface area contributed by atoms with Crippen LogP contribution in [-0.4, -0.2) is 30.5 Å². The van der Waals surface area contributed by atoms with E-state index in [1.807, 2.05) is 17.5 Å². The van der Waals surface area contributed by atoms with E-state index < -0.39 is 11.5 Å². The molecule has 158 valence electrons.